The summed E-state index contributed by atoms with van der Waals surface area (Å²) >= 11 is 6.39. The molecule has 0 amide bonds. The van der Waals surface area contributed by atoms with E-state index in [1.807, 2.05) is 24.3 Å². The maximum atomic E-state index is 6.45. The Bertz CT molecular complexity index is 792. The molecule has 2 aromatic rings. The van der Waals surface area contributed by atoms with E-state index in [0.29, 0.717) is 30.8 Å². The molecule has 27 heavy (non-hydrogen) atoms. The van der Waals surface area contributed by atoms with E-state index < -0.39 is 0 Å². The van der Waals surface area contributed by atoms with Gasteiger partial charge in [-0.3, -0.25) is 0 Å². The van der Waals surface area contributed by atoms with Crippen LogP contribution in [0.3, 0.4) is 0 Å². The maximum Gasteiger partial charge on any atom is 0.126 e. The summed E-state index contributed by atoms with van der Waals surface area (Å²) < 4.78 is 5.40. The number of pyridine rings is 2. The molecule has 7 nitrogen and oxygen atoms in total. The third kappa shape index (κ3) is 4.50. The zero-order valence-electron chi connectivity index (χ0n) is 15.2. The summed E-state index contributed by atoms with van der Waals surface area (Å²) in [6, 6.07) is 8.23. The Labute approximate surface area is 164 Å². The largest absolute Gasteiger partial charge is 0.381 e. The predicted molar refractivity (Wildman–Crippen MR) is 108 cm³/mol. The molecular formula is C19H25ClN6O. The molecule has 144 valence electrons. The Morgan fingerprint density at radius 3 is 2.81 bits per heavy atom. The molecular weight excluding hydrogens is 364 g/mol. The number of halogens is 1. The van der Waals surface area contributed by atoms with Gasteiger partial charge in [0.1, 0.15) is 11.6 Å². The molecule has 4 heterocycles. The molecule has 2 fully saturated rings. The van der Waals surface area contributed by atoms with Gasteiger partial charge in [-0.1, -0.05) is 17.7 Å². The Morgan fingerprint density at radius 2 is 2.07 bits per heavy atom. The summed E-state index contributed by atoms with van der Waals surface area (Å²) in [6.07, 6.45) is 3.37. The van der Waals surface area contributed by atoms with E-state index in [4.69, 9.17) is 27.1 Å². The van der Waals surface area contributed by atoms with Crippen molar-refractivity contribution < 1.29 is 4.74 Å². The third-order valence-electron chi connectivity index (χ3n) is 5.12. The summed E-state index contributed by atoms with van der Waals surface area (Å²) in [5.41, 5.74) is 7.87. The number of aromatic nitrogens is 2. The van der Waals surface area contributed by atoms with Crippen molar-refractivity contribution in [2.24, 2.45) is 5.73 Å². The molecule has 0 atom stereocenters. The minimum atomic E-state index is -0.252. The smallest absolute Gasteiger partial charge is 0.126 e. The van der Waals surface area contributed by atoms with E-state index in [-0.39, 0.29) is 5.54 Å². The highest BCUT2D eigenvalue weighted by atomic mass is 35.5. The number of ether oxygens (including phenoxy) is 1. The van der Waals surface area contributed by atoms with E-state index >= 15 is 0 Å². The van der Waals surface area contributed by atoms with Gasteiger partial charge in [-0.15, -0.1) is 0 Å². The Kier molecular flexibility index (Phi) is 5.45. The first-order chi connectivity index (χ1) is 13.1. The van der Waals surface area contributed by atoms with Crippen LogP contribution >= 0.6 is 11.6 Å². The Balaban J connectivity index is 1.49. The molecule has 0 spiro atoms. The van der Waals surface area contributed by atoms with Crippen LogP contribution in [0, 0.1) is 0 Å². The summed E-state index contributed by atoms with van der Waals surface area (Å²) in [4.78, 5) is 9.10. The van der Waals surface area contributed by atoms with Crippen molar-refractivity contribution in [3.8, 4) is 11.3 Å². The number of anilines is 2. The zero-order valence-corrected chi connectivity index (χ0v) is 15.9. The molecule has 0 aliphatic carbocycles. The van der Waals surface area contributed by atoms with Crippen molar-refractivity contribution in [2.45, 2.75) is 24.4 Å². The van der Waals surface area contributed by atoms with Crippen LogP contribution in [0.1, 0.15) is 12.8 Å². The first-order valence-corrected chi connectivity index (χ1v) is 9.70. The molecule has 0 radical (unpaired) electrons. The Hall–Kier alpha value is -1.93. The summed E-state index contributed by atoms with van der Waals surface area (Å²) in [5, 5.41) is 10.6. The standard InChI is InChI=1S/C19H25ClN6O/c20-15-11-23-18(25-13-9-22-10-13)8-14(15)16-2-1-3-17(26-16)24-12-19(21)4-6-27-7-5-19/h1-3,8,11,13,22H,4-7,9-10,12,21H2,(H,23,25)(H,24,26). The fraction of sp³-hybridized carbons (Fsp3) is 0.474. The zero-order chi connectivity index (χ0) is 18.7. The van der Waals surface area contributed by atoms with E-state index in [0.717, 1.165) is 48.8 Å². The lowest BCUT2D eigenvalue weighted by Crippen LogP contribution is -2.51. The molecule has 2 aromatic heterocycles. The molecule has 4 rings (SSSR count). The molecule has 0 aromatic carbocycles. The lowest BCUT2D eigenvalue weighted by Gasteiger charge is -2.33. The molecule has 0 bridgehead atoms. The molecule has 2 aliphatic rings. The summed E-state index contributed by atoms with van der Waals surface area (Å²) in [5.74, 6) is 1.60. The second-order valence-corrected chi connectivity index (χ2v) is 7.69. The van der Waals surface area contributed by atoms with Gasteiger partial charge >= 0.3 is 0 Å². The van der Waals surface area contributed by atoms with Crippen LogP contribution in [-0.4, -0.2) is 54.4 Å². The number of hydrogen-bond acceptors (Lipinski definition) is 7. The topological polar surface area (TPSA) is 97.1 Å². The van der Waals surface area contributed by atoms with Crippen molar-refractivity contribution in [3.05, 3.63) is 35.5 Å². The van der Waals surface area contributed by atoms with E-state index in [2.05, 4.69) is 20.9 Å². The number of nitrogens with one attached hydrogen (secondary N) is 3. The fourth-order valence-electron chi connectivity index (χ4n) is 3.22. The fourth-order valence-corrected chi connectivity index (χ4v) is 3.42. The minimum absolute atomic E-state index is 0.252. The second-order valence-electron chi connectivity index (χ2n) is 7.29. The minimum Gasteiger partial charge on any atom is -0.381 e. The normalized spacial score (nSPS) is 19.3. The van der Waals surface area contributed by atoms with Crippen LogP contribution in [0.4, 0.5) is 11.6 Å². The van der Waals surface area contributed by atoms with Gasteiger partial charge in [0.25, 0.3) is 0 Å². The molecule has 8 heteroatoms. The van der Waals surface area contributed by atoms with Crippen LogP contribution in [0.5, 0.6) is 0 Å². The van der Waals surface area contributed by atoms with Gasteiger partial charge in [-0.05, 0) is 31.0 Å². The van der Waals surface area contributed by atoms with E-state index in [9.17, 15) is 0 Å². The quantitative estimate of drug-likeness (QED) is 0.601. The first-order valence-electron chi connectivity index (χ1n) is 9.32. The molecule has 0 unspecified atom stereocenters. The van der Waals surface area contributed by atoms with Gasteiger partial charge in [0.15, 0.2) is 0 Å². The van der Waals surface area contributed by atoms with Crippen molar-refractivity contribution >= 4 is 23.2 Å². The lowest BCUT2D eigenvalue weighted by molar-refractivity contribution is 0.0574. The lowest BCUT2D eigenvalue weighted by atomic mass is 9.91. The first kappa shape index (κ1) is 18.4. The van der Waals surface area contributed by atoms with Crippen molar-refractivity contribution in [2.75, 3.05) is 43.5 Å². The average molecular weight is 389 g/mol. The SMILES string of the molecule is NC1(CNc2cccc(-c3cc(NC4CNC4)ncc3Cl)n2)CCOCC1. The highest BCUT2D eigenvalue weighted by Gasteiger charge is 2.27. The van der Waals surface area contributed by atoms with Gasteiger partial charge in [0.2, 0.25) is 0 Å². The van der Waals surface area contributed by atoms with Crippen LogP contribution in [0.2, 0.25) is 5.02 Å². The number of rotatable bonds is 6. The predicted octanol–water partition coefficient (Wildman–Crippen LogP) is 2.10. The number of nitrogens with zero attached hydrogens (tertiary/aromatic N) is 2. The number of nitrogens with two attached hydrogens (primary N) is 1. The highest BCUT2D eigenvalue weighted by molar-refractivity contribution is 6.33. The second kappa shape index (κ2) is 7.98. The molecule has 2 saturated heterocycles. The van der Waals surface area contributed by atoms with Gasteiger partial charge in [-0.25, -0.2) is 9.97 Å². The van der Waals surface area contributed by atoms with Crippen LogP contribution in [-0.2, 0) is 4.74 Å². The maximum absolute atomic E-state index is 6.45. The monoisotopic (exact) mass is 388 g/mol. The molecule has 0 saturated carbocycles. The van der Waals surface area contributed by atoms with Gasteiger partial charge in [0.05, 0.1) is 16.8 Å². The molecule has 2 aliphatic heterocycles. The van der Waals surface area contributed by atoms with Gasteiger partial charge in [-0.2, -0.15) is 0 Å². The van der Waals surface area contributed by atoms with E-state index in [1.165, 1.54) is 0 Å². The van der Waals surface area contributed by atoms with Crippen LogP contribution in [0.15, 0.2) is 30.5 Å². The summed E-state index contributed by atoms with van der Waals surface area (Å²) in [6.45, 7) is 3.99. The van der Waals surface area contributed by atoms with Gasteiger partial charge < -0.3 is 26.4 Å². The average Bonchev–Trinajstić information content (AvgIpc) is 2.65. The molecule has 5 N–H and O–H groups in total. The van der Waals surface area contributed by atoms with Gasteiger partial charge in [0, 0.05) is 50.1 Å². The van der Waals surface area contributed by atoms with Crippen LogP contribution < -0.4 is 21.7 Å². The Morgan fingerprint density at radius 1 is 1.26 bits per heavy atom. The van der Waals surface area contributed by atoms with Crippen LogP contribution in [0.25, 0.3) is 11.3 Å². The van der Waals surface area contributed by atoms with Crippen molar-refractivity contribution in [3.63, 3.8) is 0 Å². The highest BCUT2D eigenvalue weighted by Crippen LogP contribution is 2.29. The van der Waals surface area contributed by atoms with Crippen molar-refractivity contribution in [1.29, 1.82) is 0 Å². The van der Waals surface area contributed by atoms with Crippen molar-refractivity contribution in [1.82, 2.24) is 15.3 Å². The number of hydrogen-bond donors (Lipinski definition) is 4. The third-order valence-corrected chi connectivity index (χ3v) is 5.43. The van der Waals surface area contributed by atoms with E-state index in [1.54, 1.807) is 6.20 Å². The summed E-state index contributed by atoms with van der Waals surface area (Å²) in [7, 11) is 0.